The van der Waals surface area contributed by atoms with Crippen LogP contribution in [-0.4, -0.2) is 6.03 Å². The summed E-state index contributed by atoms with van der Waals surface area (Å²) in [6, 6.07) is 11.8. The summed E-state index contributed by atoms with van der Waals surface area (Å²) < 4.78 is 13.2. The van der Waals surface area contributed by atoms with E-state index in [2.05, 4.69) is 10.6 Å². The minimum Gasteiger partial charge on any atom is -0.379 e. The smallest absolute Gasteiger partial charge is 0.316 e. The highest BCUT2D eigenvalue weighted by atomic mass is 19.1. The Kier molecular flexibility index (Phi) is 4.42. The van der Waals surface area contributed by atoms with E-state index in [1.807, 2.05) is 19.1 Å². The van der Waals surface area contributed by atoms with Gasteiger partial charge in [-0.05, 0) is 55.3 Å². The van der Waals surface area contributed by atoms with Gasteiger partial charge in [-0.25, -0.2) is 9.18 Å². The molecule has 21 heavy (non-hydrogen) atoms. The molecule has 0 saturated carbocycles. The van der Waals surface area contributed by atoms with Crippen molar-refractivity contribution < 1.29 is 9.18 Å². The molecule has 0 aliphatic rings. The predicted octanol–water partition coefficient (Wildman–Crippen LogP) is 3.80. The average Bonchev–Trinajstić information content (AvgIpc) is 2.43. The van der Waals surface area contributed by atoms with Gasteiger partial charge in [0, 0.05) is 17.4 Å². The van der Waals surface area contributed by atoms with Crippen LogP contribution >= 0.6 is 0 Å². The molecule has 2 aromatic rings. The summed E-state index contributed by atoms with van der Waals surface area (Å²) in [5.41, 5.74) is 8.22. The van der Waals surface area contributed by atoms with E-state index in [0.717, 1.165) is 11.3 Å². The molecule has 5 heteroatoms. The van der Waals surface area contributed by atoms with Gasteiger partial charge in [0.25, 0.3) is 0 Å². The van der Waals surface area contributed by atoms with Gasteiger partial charge in [-0.3, -0.25) is 0 Å². The second kappa shape index (κ2) is 6.26. The van der Waals surface area contributed by atoms with Gasteiger partial charge in [-0.1, -0.05) is 12.1 Å². The van der Waals surface area contributed by atoms with Crippen molar-refractivity contribution in [1.29, 1.82) is 0 Å². The Balaban J connectivity index is 2.07. The van der Waals surface area contributed by atoms with Crippen LogP contribution in [0.2, 0.25) is 0 Å². The third-order valence-electron chi connectivity index (χ3n) is 3.22. The number of carbonyl (C=O) groups excluding carboxylic acids is 1. The lowest BCUT2D eigenvalue weighted by atomic mass is 10.1. The summed E-state index contributed by atoms with van der Waals surface area (Å²) in [7, 11) is 0. The van der Waals surface area contributed by atoms with E-state index in [9.17, 15) is 9.18 Å². The van der Waals surface area contributed by atoms with Crippen LogP contribution in [0.15, 0.2) is 42.5 Å². The standard InChI is InChI=1S/C16H18FN3O/c1-10-9-14(7-8-15(10)17)19-11(2)12-3-5-13(6-4-12)20-16(18)21/h3-9,11,19H,1-2H3,(H3,18,20,21). The number of carbonyl (C=O) groups is 1. The third kappa shape index (κ3) is 3.95. The number of hydrogen-bond acceptors (Lipinski definition) is 2. The Hall–Kier alpha value is -2.56. The Bertz CT molecular complexity index is 640. The summed E-state index contributed by atoms with van der Waals surface area (Å²) in [6.45, 7) is 3.74. The SMILES string of the molecule is Cc1cc(NC(C)c2ccc(NC(N)=O)cc2)ccc1F. The van der Waals surface area contributed by atoms with Gasteiger partial charge < -0.3 is 16.4 Å². The van der Waals surface area contributed by atoms with Crippen LogP contribution in [0.3, 0.4) is 0 Å². The number of rotatable bonds is 4. The fourth-order valence-corrected chi connectivity index (χ4v) is 2.07. The largest absolute Gasteiger partial charge is 0.379 e. The number of nitrogens with two attached hydrogens (primary N) is 1. The molecule has 4 N–H and O–H groups in total. The molecule has 0 aromatic heterocycles. The fourth-order valence-electron chi connectivity index (χ4n) is 2.07. The normalized spacial score (nSPS) is 11.8. The molecule has 0 bridgehead atoms. The first-order valence-electron chi connectivity index (χ1n) is 6.65. The number of aryl methyl sites for hydroxylation is 1. The van der Waals surface area contributed by atoms with Gasteiger partial charge in [0.2, 0.25) is 0 Å². The fraction of sp³-hybridized carbons (Fsp3) is 0.188. The molecule has 0 spiro atoms. The minimum atomic E-state index is -0.587. The molecular formula is C16H18FN3O. The molecule has 0 saturated heterocycles. The Morgan fingerprint density at radius 1 is 1.14 bits per heavy atom. The Labute approximate surface area is 123 Å². The maximum absolute atomic E-state index is 13.2. The van der Waals surface area contributed by atoms with E-state index in [4.69, 9.17) is 5.73 Å². The molecule has 0 aliphatic heterocycles. The van der Waals surface area contributed by atoms with Crippen molar-refractivity contribution >= 4 is 17.4 Å². The van der Waals surface area contributed by atoms with Crippen LogP contribution in [0.1, 0.15) is 24.1 Å². The average molecular weight is 287 g/mol. The first kappa shape index (κ1) is 14.8. The summed E-state index contributed by atoms with van der Waals surface area (Å²) in [5.74, 6) is -0.213. The van der Waals surface area contributed by atoms with Gasteiger partial charge in [-0.2, -0.15) is 0 Å². The van der Waals surface area contributed by atoms with Crippen molar-refractivity contribution in [2.24, 2.45) is 5.73 Å². The molecule has 2 aromatic carbocycles. The maximum Gasteiger partial charge on any atom is 0.316 e. The van der Waals surface area contributed by atoms with Crippen molar-refractivity contribution in [2.75, 3.05) is 10.6 Å². The number of benzene rings is 2. The molecule has 0 radical (unpaired) electrons. The van der Waals surface area contributed by atoms with Gasteiger partial charge >= 0.3 is 6.03 Å². The van der Waals surface area contributed by atoms with E-state index in [-0.39, 0.29) is 11.9 Å². The summed E-state index contributed by atoms with van der Waals surface area (Å²) in [6.07, 6.45) is 0. The number of amides is 2. The zero-order valence-corrected chi connectivity index (χ0v) is 12.0. The first-order valence-corrected chi connectivity index (χ1v) is 6.65. The highest BCUT2D eigenvalue weighted by Gasteiger charge is 2.07. The van der Waals surface area contributed by atoms with E-state index in [0.29, 0.717) is 11.3 Å². The van der Waals surface area contributed by atoms with Crippen molar-refractivity contribution in [3.05, 3.63) is 59.4 Å². The zero-order valence-electron chi connectivity index (χ0n) is 12.0. The predicted molar refractivity (Wildman–Crippen MR) is 82.8 cm³/mol. The second-order valence-electron chi connectivity index (χ2n) is 4.94. The van der Waals surface area contributed by atoms with Gasteiger partial charge in [0.15, 0.2) is 0 Å². The molecule has 0 heterocycles. The number of urea groups is 1. The van der Waals surface area contributed by atoms with E-state index in [1.54, 1.807) is 31.2 Å². The number of anilines is 2. The van der Waals surface area contributed by atoms with Crippen LogP contribution in [0, 0.1) is 12.7 Å². The van der Waals surface area contributed by atoms with Crippen molar-refractivity contribution in [2.45, 2.75) is 19.9 Å². The van der Waals surface area contributed by atoms with Gasteiger partial charge in [0.05, 0.1) is 0 Å². The molecule has 110 valence electrons. The molecular weight excluding hydrogens is 269 g/mol. The van der Waals surface area contributed by atoms with E-state index < -0.39 is 6.03 Å². The summed E-state index contributed by atoms with van der Waals surface area (Å²) in [5, 5.41) is 5.82. The summed E-state index contributed by atoms with van der Waals surface area (Å²) in [4.78, 5) is 10.8. The number of halogens is 1. The number of hydrogen-bond donors (Lipinski definition) is 3. The molecule has 4 nitrogen and oxygen atoms in total. The van der Waals surface area contributed by atoms with Crippen LogP contribution in [0.5, 0.6) is 0 Å². The Morgan fingerprint density at radius 2 is 1.76 bits per heavy atom. The monoisotopic (exact) mass is 287 g/mol. The van der Waals surface area contributed by atoms with Crippen molar-refractivity contribution in [3.63, 3.8) is 0 Å². The number of nitrogens with one attached hydrogen (secondary N) is 2. The molecule has 2 amide bonds. The van der Waals surface area contributed by atoms with Gasteiger partial charge in [-0.15, -0.1) is 0 Å². The van der Waals surface area contributed by atoms with Crippen LogP contribution in [0.25, 0.3) is 0 Å². The van der Waals surface area contributed by atoms with E-state index >= 15 is 0 Å². The Morgan fingerprint density at radius 3 is 2.33 bits per heavy atom. The highest BCUT2D eigenvalue weighted by Crippen LogP contribution is 2.22. The molecule has 1 atom stereocenters. The third-order valence-corrected chi connectivity index (χ3v) is 3.22. The lowest BCUT2D eigenvalue weighted by Gasteiger charge is -2.16. The van der Waals surface area contributed by atoms with Crippen molar-refractivity contribution in [3.8, 4) is 0 Å². The lowest BCUT2D eigenvalue weighted by Crippen LogP contribution is -2.19. The van der Waals surface area contributed by atoms with Gasteiger partial charge in [0.1, 0.15) is 5.82 Å². The topological polar surface area (TPSA) is 67.2 Å². The minimum absolute atomic E-state index is 0.0532. The molecule has 0 fully saturated rings. The molecule has 1 unspecified atom stereocenters. The maximum atomic E-state index is 13.2. The zero-order chi connectivity index (χ0) is 15.4. The highest BCUT2D eigenvalue weighted by molar-refractivity contribution is 5.87. The second-order valence-corrected chi connectivity index (χ2v) is 4.94. The van der Waals surface area contributed by atoms with Crippen LogP contribution < -0.4 is 16.4 Å². The van der Waals surface area contributed by atoms with Crippen LogP contribution in [-0.2, 0) is 0 Å². The molecule has 0 aliphatic carbocycles. The quantitative estimate of drug-likeness (QED) is 0.800. The number of primary amides is 1. The first-order chi connectivity index (χ1) is 9.95. The lowest BCUT2D eigenvalue weighted by molar-refractivity contribution is 0.259. The van der Waals surface area contributed by atoms with Crippen molar-refractivity contribution in [1.82, 2.24) is 0 Å². The van der Waals surface area contributed by atoms with E-state index in [1.165, 1.54) is 6.07 Å². The van der Waals surface area contributed by atoms with Crippen LogP contribution in [0.4, 0.5) is 20.6 Å². The molecule has 2 rings (SSSR count). The summed E-state index contributed by atoms with van der Waals surface area (Å²) >= 11 is 0.